The maximum atomic E-state index is 13.3. The molecule has 7 atom stereocenters. The van der Waals surface area contributed by atoms with Crippen molar-refractivity contribution in [3.05, 3.63) is 45.0 Å². The minimum absolute atomic E-state index is 0.0262. The zero-order valence-corrected chi connectivity index (χ0v) is 29.0. The van der Waals surface area contributed by atoms with Crippen molar-refractivity contribution in [2.45, 2.75) is 69.6 Å². The smallest absolute Gasteiger partial charge is 0.231 e. The van der Waals surface area contributed by atoms with Gasteiger partial charge in [0.1, 0.15) is 6.04 Å². The van der Waals surface area contributed by atoms with Gasteiger partial charge >= 0.3 is 0 Å². The number of nitrogens with one attached hydrogen (secondary N) is 1. The summed E-state index contributed by atoms with van der Waals surface area (Å²) in [5.74, 6) is 3.38. The number of rotatable bonds is 7. The average molecular weight is 665 g/mol. The number of thioether (sulfide) groups is 1. The molecule has 0 saturated carbocycles. The Kier molecular flexibility index (Phi) is 8.72. The summed E-state index contributed by atoms with van der Waals surface area (Å²) in [6.45, 7) is 9.76. The Morgan fingerprint density at radius 1 is 1.09 bits per heavy atom. The molecule has 0 radical (unpaired) electrons. The molecule has 4 bridgehead atoms. The SMILES string of the molecule is COCCOCOc1c(OC)c(C)cc2c1C1C3[C@@H]4SCC(C)C(=O)NC[C@@H](c5c6c(c(C)c(C)c54)OCO6)N3[C@@H](C#N)C(C2)N1C. The second-order valence-electron chi connectivity index (χ2n) is 13.2. The van der Waals surface area contributed by atoms with Crippen LogP contribution in [-0.2, 0) is 20.7 Å². The molecule has 5 aliphatic heterocycles. The van der Waals surface area contributed by atoms with E-state index < -0.39 is 6.04 Å². The van der Waals surface area contributed by atoms with Crippen LogP contribution in [0.15, 0.2) is 6.07 Å². The van der Waals surface area contributed by atoms with Crippen LogP contribution >= 0.6 is 11.8 Å². The highest BCUT2D eigenvalue weighted by Crippen LogP contribution is 2.62. The number of carbonyl (C=O) groups excluding carboxylic acids is 1. The fourth-order valence-corrected chi connectivity index (χ4v) is 10.2. The Labute approximate surface area is 280 Å². The third kappa shape index (κ3) is 4.96. The molecule has 4 unspecified atom stereocenters. The summed E-state index contributed by atoms with van der Waals surface area (Å²) < 4.78 is 35.7. The van der Waals surface area contributed by atoms with Gasteiger partial charge in [-0.3, -0.25) is 14.6 Å². The highest BCUT2D eigenvalue weighted by molar-refractivity contribution is 7.99. The van der Waals surface area contributed by atoms with Crippen LogP contribution in [0, 0.1) is 38.0 Å². The topological polar surface area (TPSA) is 115 Å². The normalized spacial score (nSPS) is 29.3. The van der Waals surface area contributed by atoms with Crippen LogP contribution in [0.5, 0.6) is 23.0 Å². The van der Waals surface area contributed by atoms with Crippen LogP contribution in [0.25, 0.3) is 0 Å². The van der Waals surface area contributed by atoms with Crippen molar-refractivity contribution < 1.29 is 33.2 Å². The lowest BCUT2D eigenvalue weighted by Crippen LogP contribution is -2.69. The molecule has 2 aromatic carbocycles. The second-order valence-corrected chi connectivity index (χ2v) is 14.4. The molecule has 0 aromatic heterocycles. The van der Waals surface area contributed by atoms with Gasteiger partial charge in [0, 0.05) is 53.8 Å². The number of amides is 1. The van der Waals surface area contributed by atoms with Crippen LogP contribution in [0.1, 0.15) is 63.2 Å². The molecule has 2 aromatic rings. The number of benzene rings is 2. The van der Waals surface area contributed by atoms with Gasteiger partial charge in [-0.2, -0.15) is 17.0 Å². The van der Waals surface area contributed by atoms with Gasteiger partial charge in [-0.1, -0.05) is 13.0 Å². The molecule has 47 heavy (non-hydrogen) atoms. The Balaban J connectivity index is 1.47. The van der Waals surface area contributed by atoms with Crippen LogP contribution < -0.4 is 24.3 Å². The fraction of sp³-hybridized carbons (Fsp3) is 0.600. The van der Waals surface area contributed by atoms with Gasteiger partial charge in [-0.25, -0.2) is 0 Å². The number of carbonyl (C=O) groups is 1. The van der Waals surface area contributed by atoms with Gasteiger partial charge < -0.3 is 33.7 Å². The number of aryl methyl sites for hydroxylation is 1. The molecule has 2 saturated heterocycles. The minimum Gasteiger partial charge on any atom is -0.493 e. The van der Waals surface area contributed by atoms with Gasteiger partial charge in [0.25, 0.3) is 0 Å². The Morgan fingerprint density at radius 2 is 1.87 bits per heavy atom. The molecule has 5 aliphatic rings. The molecule has 0 spiro atoms. The van der Waals surface area contributed by atoms with Crippen molar-refractivity contribution in [1.29, 1.82) is 5.26 Å². The highest BCUT2D eigenvalue weighted by atomic mass is 32.2. The molecule has 5 heterocycles. The average Bonchev–Trinajstić information content (AvgIpc) is 3.55. The molecular formula is C35H44N4O7S. The van der Waals surface area contributed by atoms with Crippen molar-refractivity contribution >= 4 is 17.7 Å². The molecule has 12 heteroatoms. The van der Waals surface area contributed by atoms with Crippen LogP contribution in [0.4, 0.5) is 0 Å². The van der Waals surface area contributed by atoms with Crippen molar-refractivity contribution in [3.8, 4) is 29.1 Å². The predicted octanol–water partition coefficient (Wildman–Crippen LogP) is 4.12. The first-order valence-electron chi connectivity index (χ1n) is 16.3. The second kappa shape index (κ2) is 12.7. The zero-order chi connectivity index (χ0) is 33.1. The largest absolute Gasteiger partial charge is 0.493 e. The van der Waals surface area contributed by atoms with E-state index in [1.54, 1.807) is 26.0 Å². The van der Waals surface area contributed by atoms with E-state index in [2.05, 4.69) is 48.1 Å². The first-order chi connectivity index (χ1) is 22.7. The number of likely N-dealkylation sites (N-methyl/N-ethyl adjacent to an activating group) is 1. The number of ether oxygens (including phenoxy) is 6. The molecule has 11 nitrogen and oxygen atoms in total. The van der Waals surface area contributed by atoms with E-state index in [0.717, 1.165) is 33.8 Å². The monoisotopic (exact) mass is 664 g/mol. The standard InChI is InChI=1S/C35H44N4O7S/c1-17-10-21-11-22-23(12-36)39-24-13-37-35(40)18(2)14-47-34(25-19(3)20(4)31-33(27(24)25)46-16-45-31)29(39)28(38(22)5)26(21)32(30(17)42-7)44-15-43-9-8-41-6/h10,18,22-24,28-29,34H,8-9,11,13-16H2,1-7H3,(H,37,40)/t18?,22?,23-,24-,28?,29?,34+/m0/s1. The minimum atomic E-state index is -0.437. The predicted molar refractivity (Wildman–Crippen MR) is 176 cm³/mol. The van der Waals surface area contributed by atoms with Gasteiger partial charge in [0.05, 0.1) is 38.5 Å². The highest BCUT2D eigenvalue weighted by Gasteiger charge is 2.60. The molecule has 7 rings (SSSR count). The molecule has 1 amide bonds. The number of nitrogens with zero attached hydrogens (tertiary/aromatic N) is 3. The van der Waals surface area contributed by atoms with E-state index in [4.69, 9.17) is 28.4 Å². The quantitative estimate of drug-likeness (QED) is 0.341. The first-order valence-corrected chi connectivity index (χ1v) is 17.4. The zero-order valence-electron chi connectivity index (χ0n) is 28.2. The molecule has 0 aliphatic carbocycles. The summed E-state index contributed by atoms with van der Waals surface area (Å²) >= 11 is 1.80. The molecule has 2 fully saturated rings. The lowest BCUT2D eigenvalue weighted by Gasteiger charge is -2.62. The van der Waals surface area contributed by atoms with Gasteiger partial charge in [0.2, 0.25) is 12.7 Å². The lowest BCUT2D eigenvalue weighted by atomic mass is 9.70. The van der Waals surface area contributed by atoms with Gasteiger partial charge in [-0.15, -0.1) is 0 Å². The van der Waals surface area contributed by atoms with Crippen molar-refractivity contribution in [2.24, 2.45) is 5.92 Å². The van der Waals surface area contributed by atoms with E-state index in [-0.39, 0.29) is 54.8 Å². The van der Waals surface area contributed by atoms with Gasteiger partial charge in [0.15, 0.2) is 29.8 Å². The molecular weight excluding hydrogens is 620 g/mol. The number of hydrogen-bond donors (Lipinski definition) is 1. The Morgan fingerprint density at radius 3 is 2.62 bits per heavy atom. The number of nitriles is 1. The van der Waals surface area contributed by atoms with E-state index in [9.17, 15) is 10.1 Å². The molecule has 252 valence electrons. The summed E-state index contributed by atoms with van der Waals surface area (Å²) in [5.41, 5.74) is 7.73. The number of hydrogen-bond acceptors (Lipinski definition) is 11. The number of methoxy groups -OCH3 is 2. The van der Waals surface area contributed by atoms with E-state index >= 15 is 0 Å². The summed E-state index contributed by atoms with van der Waals surface area (Å²) in [7, 11) is 5.47. The maximum absolute atomic E-state index is 13.3. The van der Waals surface area contributed by atoms with Crippen LogP contribution in [0.3, 0.4) is 0 Å². The summed E-state index contributed by atoms with van der Waals surface area (Å²) in [6, 6.07) is 3.86. The van der Waals surface area contributed by atoms with E-state index in [0.29, 0.717) is 43.4 Å². The summed E-state index contributed by atoms with van der Waals surface area (Å²) in [6.07, 6.45) is 0.668. The van der Waals surface area contributed by atoms with Crippen LogP contribution in [-0.4, -0.2) is 94.2 Å². The third-order valence-corrected chi connectivity index (χ3v) is 12.4. The fourth-order valence-electron chi connectivity index (χ4n) is 8.55. The van der Waals surface area contributed by atoms with Crippen molar-refractivity contribution in [2.75, 3.05) is 60.4 Å². The van der Waals surface area contributed by atoms with Crippen molar-refractivity contribution in [1.82, 2.24) is 15.1 Å². The Bertz CT molecular complexity index is 1630. The van der Waals surface area contributed by atoms with E-state index in [1.807, 2.05) is 13.8 Å². The van der Waals surface area contributed by atoms with Gasteiger partial charge in [-0.05, 0) is 62.1 Å². The maximum Gasteiger partial charge on any atom is 0.231 e. The number of piperazine rings is 1. The van der Waals surface area contributed by atoms with E-state index in [1.165, 1.54) is 16.7 Å². The summed E-state index contributed by atoms with van der Waals surface area (Å²) in [5, 5.41) is 14.2. The summed E-state index contributed by atoms with van der Waals surface area (Å²) in [4.78, 5) is 18.1. The third-order valence-electron chi connectivity index (χ3n) is 10.8. The van der Waals surface area contributed by atoms with Crippen molar-refractivity contribution in [3.63, 3.8) is 0 Å². The first kappa shape index (κ1) is 32.3. The lowest BCUT2D eigenvalue weighted by molar-refractivity contribution is -0.125. The van der Waals surface area contributed by atoms with Crippen LogP contribution in [0.2, 0.25) is 0 Å². The Hall–Kier alpha value is -3.21. The molecule has 1 N–H and O–H groups in total. The number of fused-ring (bicyclic) bond motifs is 9.